The zero-order chi connectivity index (χ0) is 10.2. The van der Waals surface area contributed by atoms with Crippen molar-refractivity contribution in [3.63, 3.8) is 0 Å². The summed E-state index contributed by atoms with van der Waals surface area (Å²) in [7, 11) is 0. The van der Waals surface area contributed by atoms with Crippen molar-refractivity contribution in [2.24, 2.45) is 0 Å². The second kappa shape index (κ2) is 5.99. The van der Waals surface area contributed by atoms with Crippen LogP contribution in [0.15, 0.2) is 35.5 Å². The number of furan rings is 1. The van der Waals surface area contributed by atoms with Gasteiger partial charge in [-0.25, -0.2) is 0 Å². The van der Waals surface area contributed by atoms with Gasteiger partial charge in [-0.05, 0) is 12.1 Å². The molecule has 0 aromatic carbocycles. The van der Waals surface area contributed by atoms with Crippen LogP contribution in [0.5, 0.6) is 0 Å². The van der Waals surface area contributed by atoms with Gasteiger partial charge in [0, 0.05) is 6.54 Å². The van der Waals surface area contributed by atoms with Crippen molar-refractivity contribution >= 4 is 5.91 Å². The highest BCUT2D eigenvalue weighted by Gasteiger charge is 2.00. The van der Waals surface area contributed by atoms with Gasteiger partial charge in [0.25, 0.3) is 0 Å². The minimum atomic E-state index is -0.0525. The number of rotatable bonds is 6. The highest BCUT2D eigenvalue weighted by Crippen LogP contribution is 1.97. The maximum absolute atomic E-state index is 11.2. The van der Waals surface area contributed by atoms with Crippen molar-refractivity contribution in [3.05, 3.63) is 36.8 Å². The summed E-state index contributed by atoms with van der Waals surface area (Å²) in [6.45, 7) is 4.90. The van der Waals surface area contributed by atoms with Crippen LogP contribution in [0, 0.1) is 0 Å². The van der Waals surface area contributed by atoms with Gasteiger partial charge in [0.1, 0.15) is 5.76 Å². The third-order valence-corrected chi connectivity index (χ3v) is 1.61. The summed E-state index contributed by atoms with van der Waals surface area (Å²) in [5.41, 5.74) is 0. The Hall–Kier alpha value is -1.55. The second-order valence-electron chi connectivity index (χ2n) is 2.78. The summed E-state index contributed by atoms with van der Waals surface area (Å²) < 4.78 is 5.06. The van der Waals surface area contributed by atoms with Crippen molar-refractivity contribution in [1.29, 1.82) is 0 Å². The highest BCUT2D eigenvalue weighted by atomic mass is 16.3. The molecule has 0 bridgehead atoms. The van der Waals surface area contributed by atoms with Crippen LogP contribution in [0.25, 0.3) is 0 Å². The lowest BCUT2D eigenvalue weighted by molar-refractivity contribution is -0.120. The van der Waals surface area contributed by atoms with E-state index in [4.69, 9.17) is 4.42 Å². The van der Waals surface area contributed by atoms with E-state index >= 15 is 0 Å². The maximum Gasteiger partial charge on any atom is 0.234 e. The lowest BCUT2D eigenvalue weighted by Gasteiger charge is -2.03. The van der Waals surface area contributed by atoms with Gasteiger partial charge in [-0.3, -0.25) is 4.79 Å². The molecule has 4 nitrogen and oxygen atoms in total. The zero-order valence-electron chi connectivity index (χ0n) is 7.95. The molecular weight excluding hydrogens is 180 g/mol. The first-order valence-electron chi connectivity index (χ1n) is 4.43. The number of hydrogen-bond acceptors (Lipinski definition) is 3. The Kier molecular flexibility index (Phi) is 4.50. The minimum absolute atomic E-state index is 0.0525. The summed E-state index contributed by atoms with van der Waals surface area (Å²) in [4.78, 5) is 11.2. The minimum Gasteiger partial charge on any atom is -0.467 e. The van der Waals surface area contributed by atoms with Crippen LogP contribution < -0.4 is 10.6 Å². The van der Waals surface area contributed by atoms with Gasteiger partial charge in [-0.2, -0.15) is 0 Å². The van der Waals surface area contributed by atoms with Crippen molar-refractivity contribution < 1.29 is 9.21 Å². The van der Waals surface area contributed by atoms with Gasteiger partial charge in [0.15, 0.2) is 0 Å². The molecule has 0 saturated heterocycles. The molecule has 1 aromatic rings. The molecule has 4 heteroatoms. The second-order valence-corrected chi connectivity index (χ2v) is 2.78. The van der Waals surface area contributed by atoms with E-state index < -0.39 is 0 Å². The van der Waals surface area contributed by atoms with E-state index in [0.29, 0.717) is 19.6 Å². The van der Waals surface area contributed by atoms with E-state index in [1.807, 2.05) is 6.07 Å². The Morgan fingerprint density at radius 1 is 1.64 bits per heavy atom. The molecule has 0 atom stereocenters. The molecule has 14 heavy (non-hydrogen) atoms. The van der Waals surface area contributed by atoms with E-state index in [1.54, 1.807) is 18.4 Å². The van der Waals surface area contributed by atoms with E-state index in [9.17, 15) is 4.79 Å². The van der Waals surface area contributed by atoms with Gasteiger partial charge in [-0.15, -0.1) is 6.58 Å². The fourth-order valence-electron chi connectivity index (χ4n) is 0.949. The van der Waals surface area contributed by atoms with Gasteiger partial charge in [0.05, 0.1) is 19.4 Å². The molecule has 0 spiro atoms. The van der Waals surface area contributed by atoms with Gasteiger partial charge < -0.3 is 15.1 Å². The van der Waals surface area contributed by atoms with Crippen molar-refractivity contribution in [1.82, 2.24) is 10.6 Å². The topological polar surface area (TPSA) is 54.3 Å². The third kappa shape index (κ3) is 3.91. The molecule has 1 aromatic heterocycles. The standard InChI is InChI=1S/C10H14N2O2/c1-2-5-11-8-10(13)12-7-9-4-3-6-14-9/h2-4,6,11H,1,5,7-8H2,(H,12,13). The fourth-order valence-corrected chi connectivity index (χ4v) is 0.949. The van der Waals surface area contributed by atoms with Crippen molar-refractivity contribution in [3.8, 4) is 0 Å². The summed E-state index contributed by atoms with van der Waals surface area (Å²) in [6.07, 6.45) is 3.29. The van der Waals surface area contributed by atoms with Crippen molar-refractivity contribution in [2.75, 3.05) is 13.1 Å². The fraction of sp³-hybridized carbons (Fsp3) is 0.300. The lowest BCUT2D eigenvalue weighted by Crippen LogP contribution is -2.33. The van der Waals surface area contributed by atoms with Crippen LogP contribution in [-0.4, -0.2) is 19.0 Å². The van der Waals surface area contributed by atoms with E-state index in [-0.39, 0.29) is 5.91 Å². The largest absolute Gasteiger partial charge is 0.467 e. The number of carbonyl (C=O) groups excluding carboxylic acids is 1. The number of nitrogens with one attached hydrogen (secondary N) is 2. The molecule has 2 N–H and O–H groups in total. The van der Waals surface area contributed by atoms with Crippen LogP contribution >= 0.6 is 0 Å². The van der Waals surface area contributed by atoms with E-state index in [0.717, 1.165) is 5.76 Å². The summed E-state index contributed by atoms with van der Waals surface area (Å²) >= 11 is 0. The van der Waals surface area contributed by atoms with Crippen LogP contribution in [0.4, 0.5) is 0 Å². The number of hydrogen-bond donors (Lipinski definition) is 2. The van der Waals surface area contributed by atoms with E-state index in [1.165, 1.54) is 0 Å². The number of carbonyl (C=O) groups is 1. The predicted molar refractivity (Wildman–Crippen MR) is 53.6 cm³/mol. The molecule has 1 heterocycles. The Morgan fingerprint density at radius 3 is 3.14 bits per heavy atom. The zero-order valence-corrected chi connectivity index (χ0v) is 7.95. The first kappa shape index (κ1) is 10.5. The first-order valence-corrected chi connectivity index (χ1v) is 4.43. The SMILES string of the molecule is C=CCNCC(=O)NCc1ccco1. The monoisotopic (exact) mass is 194 g/mol. The van der Waals surface area contributed by atoms with Gasteiger partial charge in [-0.1, -0.05) is 6.08 Å². The van der Waals surface area contributed by atoms with Crippen molar-refractivity contribution in [2.45, 2.75) is 6.54 Å². The molecular formula is C10H14N2O2. The molecule has 0 aliphatic rings. The molecule has 0 aliphatic heterocycles. The lowest BCUT2D eigenvalue weighted by atomic mass is 10.4. The molecule has 1 rings (SSSR count). The molecule has 1 amide bonds. The first-order chi connectivity index (χ1) is 6.83. The van der Waals surface area contributed by atoms with Crippen LogP contribution in [0.1, 0.15) is 5.76 Å². The summed E-state index contributed by atoms with van der Waals surface area (Å²) in [6, 6.07) is 3.61. The average Bonchev–Trinajstić information content (AvgIpc) is 2.68. The predicted octanol–water partition coefficient (Wildman–Crippen LogP) is 0.671. The molecule has 0 aliphatic carbocycles. The Bertz CT molecular complexity index is 280. The van der Waals surface area contributed by atoms with Crippen LogP contribution in [0.2, 0.25) is 0 Å². The summed E-state index contributed by atoms with van der Waals surface area (Å²) in [5.74, 6) is 0.699. The van der Waals surface area contributed by atoms with Gasteiger partial charge >= 0.3 is 0 Å². The molecule has 0 radical (unpaired) electrons. The summed E-state index contributed by atoms with van der Waals surface area (Å²) in [5, 5.41) is 5.62. The smallest absolute Gasteiger partial charge is 0.234 e. The third-order valence-electron chi connectivity index (χ3n) is 1.61. The molecule has 0 saturated carbocycles. The Morgan fingerprint density at radius 2 is 2.50 bits per heavy atom. The average molecular weight is 194 g/mol. The number of amides is 1. The molecule has 0 unspecified atom stereocenters. The molecule has 0 fully saturated rings. The van der Waals surface area contributed by atoms with E-state index in [2.05, 4.69) is 17.2 Å². The van der Waals surface area contributed by atoms with Crippen LogP contribution in [-0.2, 0) is 11.3 Å². The maximum atomic E-state index is 11.2. The normalized spacial score (nSPS) is 9.71. The Labute approximate surface area is 83.0 Å². The highest BCUT2D eigenvalue weighted by molar-refractivity contribution is 5.77. The van der Waals surface area contributed by atoms with Gasteiger partial charge in [0.2, 0.25) is 5.91 Å². The molecule has 76 valence electrons. The quantitative estimate of drug-likeness (QED) is 0.517. The Balaban J connectivity index is 2.12. The van der Waals surface area contributed by atoms with Crippen LogP contribution in [0.3, 0.4) is 0 Å².